The quantitative estimate of drug-likeness (QED) is 0.623. The lowest BCUT2D eigenvalue weighted by Crippen LogP contribution is -2.23. The van der Waals surface area contributed by atoms with Crippen molar-refractivity contribution in [1.82, 2.24) is 14.5 Å². The predicted octanol–water partition coefficient (Wildman–Crippen LogP) is 3.82. The van der Waals surface area contributed by atoms with Gasteiger partial charge in [-0.3, -0.25) is 9.36 Å². The zero-order chi connectivity index (χ0) is 16.7. The smallest absolute Gasteiger partial charge is 0.277 e. The molecule has 0 aliphatic carbocycles. The average Bonchev–Trinajstić information content (AvgIpc) is 2.97. The van der Waals surface area contributed by atoms with Crippen molar-refractivity contribution in [2.24, 2.45) is 0 Å². The summed E-state index contributed by atoms with van der Waals surface area (Å²) in [5, 5.41) is 0.630. The number of hydrogen-bond acceptors (Lipinski definition) is 2. The second-order valence-corrected chi connectivity index (χ2v) is 6.05. The Hall–Kier alpha value is -2.95. The summed E-state index contributed by atoms with van der Waals surface area (Å²) in [7, 11) is 0. The summed E-state index contributed by atoms with van der Waals surface area (Å²) >= 11 is 0. The molecule has 0 fully saturated rings. The molecule has 5 heteroatoms. The van der Waals surface area contributed by atoms with Gasteiger partial charge in [-0.2, -0.15) is 0 Å². The summed E-state index contributed by atoms with van der Waals surface area (Å²) in [4.78, 5) is 20.2. The van der Waals surface area contributed by atoms with Gasteiger partial charge < -0.3 is 4.98 Å². The molecule has 4 rings (SSSR count). The summed E-state index contributed by atoms with van der Waals surface area (Å²) in [5.41, 5.74) is 2.67. The third-order valence-corrected chi connectivity index (χ3v) is 4.37. The molecule has 2 aromatic heterocycles. The maximum atomic E-state index is 13.5. The van der Waals surface area contributed by atoms with Crippen molar-refractivity contribution >= 4 is 21.9 Å². The second-order valence-electron chi connectivity index (χ2n) is 6.05. The van der Waals surface area contributed by atoms with Gasteiger partial charge in [0.25, 0.3) is 5.56 Å². The van der Waals surface area contributed by atoms with E-state index in [4.69, 9.17) is 0 Å². The first-order valence-electron chi connectivity index (χ1n) is 7.85. The van der Waals surface area contributed by atoms with Gasteiger partial charge in [-0.05, 0) is 29.7 Å². The first kappa shape index (κ1) is 14.6. The number of rotatable bonds is 3. The predicted molar refractivity (Wildman–Crippen MR) is 92.7 cm³/mol. The second kappa shape index (κ2) is 5.60. The molecule has 0 saturated heterocycles. The Labute approximate surface area is 137 Å². The van der Waals surface area contributed by atoms with Crippen LogP contribution in [0.1, 0.15) is 18.4 Å². The van der Waals surface area contributed by atoms with Gasteiger partial charge in [0, 0.05) is 17.4 Å². The summed E-state index contributed by atoms with van der Waals surface area (Å²) in [6.07, 6.45) is 1.54. The number of aromatic amines is 1. The molecule has 1 N–H and O–H groups in total. The number of halogens is 1. The molecule has 0 radical (unpaired) electrons. The Morgan fingerprint density at radius 2 is 2.00 bits per heavy atom. The molecule has 2 heterocycles. The largest absolute Gasteiger partial charge is 0.349 e. The van der Waals surface area contributed by atoms with E-state index >= 15 is 0 Å². The van der Waals surface area contributed by atoms with E-state index in [1.807, 2.05) is 30.3 Å². The van der Waals surface area contributed by atoms with Gasteiger partial charge in [0.05, 0.1) is 6.33 Å². The number of aromatic nitrogens is 3. The Kier molecular flexibility index (Phi) is 3.41. The number of nitrogens with one attached hydrogen (secondary N) is 1. The fourth-order valence-corrected chi connectivity index (χ4v) is 3.07. The van der Waals surface area contributed by atoms with E-state index < -0.39 is 0 Å². The van der Waals surface area contributed by atoms with Gasteiger partial charge in [0.1, 0.15) is 16.9 Å². The number of nitrogens with zero attached hydrogens (tertiary/aromatic N) is 2. The highest BCUT2D eigenvalue weighted by atomic mass is 19.1. The topological polar surface area (TPSA) is 50.7 Å². The third kappa shape index (κ3) is 2.38. The molecule has 1 atom stereocenters. The Balaban J connectivity index is 1.79. The maximum absolute atomic E-state index is 13.5. The van der Waals surface area contributed by atoms with E-state index in [0.29, 0.717) is 28.5 Å². The molecular formula is C19H16FN3O. The average molecular weight is 321 g/mol. The van der Waals surface area contributed by atoms with Crippen molar-refractivity contribution in [3.8, 4) is 0 Å². The van der Waals surface area contributed by atoms with Gasteiger partial charge in [-0.25, -0.2) is 9.37 Å². The highest BCUT2D eigenvalue weighted by molar-refractivity contribution is 6.04. The van der Waals surface area contributed by atoms with Gasteiger partial charge in [0.15, 0.2) is 0 Å². The Morgan fingerprint density at radius 1 is 1.21 bits per heavy atom. The molecule has 120 valence electrons. The monoisotopic (exact) mass is 321 g/mol. The number of H-pyrrole nitrogens is 1. The van der Waals surface area contributed by atoms with Gasteiger partial charge in [0.2, 0.25) is 0 Å². The minimum atomic E-state index is -0.341. The van der Waals surface area contributed by atoms with Crippen LogP contribution in [-0.4, -0.2) is 14.5 Å². The molecule has 2 aromatic carbocycles. The lowest BCUT2D eigenvalue weighted by Gasteiger charge is -2.13. The van der Waals surface area contributed by atoms with Crippen LogP contribution in [0.2, 0.25) is 0 Å². The molecule has 0 saturated carbocycles. The lowest BCUT2D eigenvalue weighted by atomic mass is 10.0. The van der Waals surface area contributed by atoms with Crippen LogP contribution in [0.3, 0.4) is 0 Å². The van der Waals surface area contributed by atoms with Crippen LogP contribution in [0.15, 0.2) is 59.7 Å². The van der Waals surface area contributed by atoms with E-state index in [1.165, 1.54) is 17.7 Å². The van der Waals surface area contributed by atoms with Crippen molar-refractivity contribution in [3.05, 3.63) is 76.6 Å². The number of benzene rings is 2. The highest BCUT2D eigenvalue weighted by Gasteiger charge is 2.13. The Morgan fingerprint density at radius 3 is 2.79 bits per heavy atom. The zero-order valence-corrected chi connectivity index (χ0v) is 13.2. The van der Waals surface area contributed by atoms with E-state index in [1.54, 1.807) is 17.0 Å². The molecule has 0 aliphatic rings. The first-order valence-corrected chi connectivity index (χ1v) is 7.85. The van der Waals surface area contributed by atoms with Crippen molar-refractivity contribution in [1.29, 1.82) is 0 Å². The van der Waals surface area contributed by atoms with Gasteiger partial charge in [-0.1, -0.05) is 37.3 Å². The molecular weight excluding hydrogens is 305 g/mol. The summed E-state index contributed by atoms with van der Waals surface area (Å²) < 4.78 is 15.1. The fraction of sp³-hybridized carbons (Fsp3) is 0.158. The number of fused-ring (bicyclic) bond motifs is 3. The van der Waals surface area contributed by atoms with E-state index in [-0.39, 0.29) is 17.3 Å². The van der Waals surface area contributed by atoms with Crippen LogP contribution in [0.5, 0.6) is 0 Å². The van der Waals surface area contributed by atoms with Crippen LogP contribution in [0.4, 0.5) is 4.39 Å². The van der Waals surface area contributed by atoms with Crippen LogP contribution >= 0.6 is 0 Å². The van der Waals surface area contributed by atoms with Crippen molar-refractivity contribution in [2.75, 3.05) is 0 Å². The molecule has 0 unspecified atom stereocenters. The minimum Gasteiger partial charge on any atom is -0.349 e. The van der Waals surface area contributed by atoms with E-state index in [2.05, 4.69) is 16.9 Å². The van der Waals surface area contributed by atoms with Crippen LogP contribution in [0, 0.1) is 5.82 Å². The summed E-state index contributed by atoms with van der Waals surface area (Å²) in [5.74, 6) is -0.156. The van der Waals surface area contributed by atoms with E-state index in [0.717, 1.165) is 0 Å². The molecule has 0 spiro atoms. The van der Waals surface area contributed by atoms with Gasteiger partial charge >= 0.3 is 0 Å². The molecule has 4 aromatic rings. The standard InChI is InChI=1S/C19H16FN3O/c1-12(13-5-3-2-4-6-13)10-23-11-21-17-15-9-14(20)7-8-16(15)22-18(17)19(23)24/h2-9,11-12,22H,10H2,1H3/t12-/m1/s1. The van der Waals surface area contributed by atoms with E-state index in [9.17, 15) is 9.18 Å². The fourth-order valence-electron chi connectivity index (χ4n) is 3.07. The molecule has 24 heavy (non-hydrogen) atoms. The van der Waals surface area contributed by atoms with Crippen molar-refractivity contribution < 1.29 is 4.39 Å². The van der Waals surface area contributed by atoms with Gasteiger partial charge in [-0.15, -0.1) is 0 Å². The normalized spacial score (nSPS) is 12.8. The molecule has 0 aliphatic heterocycles. The lowest BCUT2D eigenvalue weighted by molar-refractivity contribution is 0.576. The zero-order valence-electron chi connectivity index (χ0n) is 13.2. The van der Waals surface area contributed by atoms with Crippen LogP contribution < -0.4 is 5.56 Å². The first-order chi connectivity index (χ1) is 11.6. The highest BCUT2D eigenvalue weighted by Crippen LogP contribution is 2.22. The maximum Gasteiger partial charge on any atom is 0.277 e. The molecule has 0 amide bonds. The summed E-state index contributed by atoms with van der Waals surface area (Å²) in [6, 6.07) is 14.4. The molecule has 0 bridgehead atoms. The van der Waals surface area contributed by atoms with Crippen LogP contribution in [0.25, 0.3) is 21.9 Å². The Bertz CT molecular complexity index is 1080. The van der Waals surface area contributed by atoms with Crippen molar-refractivity contribution in [2.45, 2.75) is 19.4 Å². The van der Waals surface area contributed by atoms with Crippen molar-refractivity contribution in [3.63, 3.8) is 0 Å². The summed E-state index contributed by atoms with van der Waals surface area (Å²) in [6.45, 7) is 2.61. The van der Waals surface area contributed by atoms with Crippen LogP contribution in [-0.2, 0) is 6.54 Å². The molecule has 4 nitrogen and oxygen atoms in total. The number of hydrogen-bond donors (Lipinski definition) is 1. The minimum absolute atomic E-state index is 0.139. The SMILES string of the molecule is C[C@H](Cn1cnc2c([nH]c3ccc(F)cc32)c1=O)c1ccccc1. The third-order valence-electron chi connectivity index (χ3n) is 4.37.